The number of benzene rings is 2. The Morgan fingerprint density at radius 1 is 1.19 bits per heavy atom. The minimum atomic E-state index is -0.248. The molecule has 0 saturated heterocycles. The molecule has 1 N–H and O–H groups in total. The van der Waals surface area contributed by atoms with Gasteiger partial charge in [0.1, 0.15) is 5.75 Å². The second-order valence-electron chi connectivity index (χ2n) is 7.91. The van der Waals surface area contributed by atoms with Gasteiger partial charge in [0.2, 0.25) is 0 Å². The van der Waals surface area contributed by atoms with Crippen LogP contribution in [0.1, 0.15) is 46.2 Å². The van der Waals surface area contributed by atoms with E-state index >= 15 is 0 Å². The normalized spacial score (nSPS) is 15.2. The van der Waals surface area contributed by atoms with Crippen LogP contribution in [0.4, 0.5) is 0 Å². The molecule has 0 bridgehead atoms. The number of carbonyl (C=O) groups is 1. The number of carbonyl (C=O) groups excluding carboxylic acids is 1. The third-order valence-electron chi connectivity index (χ3n) is 5.86. The molecule has 32 heavy (non-hydrogen) atoms. The molecule has 5 rings (SSSR count). The SMILES string of the molecule is COc1ccc(-c2cc(C(=O)N[C@@H]3CCCc4c3cnn4Cc3ccccc3)no2)cc1. The first kappa shape index (κ1) is 20.1. The van der Waals surface area contributed by atoms with Gasteiger partial charge in [-0.3, -0.25) is 9.48 Å². The molecule has 162 valence electrons. The fraction of sp³-hybridized carbons (Fsp3) is 0.240. The third kappa shape index (κ3) is 4.01. The number of hydrogen-bond donors (Lipinski definition) is 1. The highest BCUT2D eigenvalue weighted by atomic mass is 16.5. The number of fused-ring (bicyclic) bond motifs is 1. The van der Waals surface area contributed by atoms with Gasteiger partial charge in [0.25, 0.3) is 5.91 Å². The van der Waals surface area contributed by atoms with Crippen molar-refractivity contribution in [3.8, 4) is 17.1 Å². The van der Waals surface area contributed by atoms with Gasteiger partial charge in [-0.2, -0.15) is 5.10 Å². The van der Waals surface area contributed by atoms with Crippen molar-refractivity contribution >= 4 is 5.91 Å². The Balaban J connectivity index is 1.30. The first-order valence-corrected chi connectivity index (χ1v) is 10.7. The van der Waals surface area contributed by atoms with Crippen molar-refractivity contribution in [3.63, 3.8) is 0 Å². The number of nitrogens with one attached hydrogen (secondary N) is 1. The van der Waals surface area contributed by atoms with Crippen molar-refractivity contribution in [2.75, 3.05) is 7.11 Å². The van der Waals surface area contributed by atoms with Crippen LogP contribution >= 0.6 is 0 Å². The summed E-state index contributed by atoms with van der Waals surface area (Å²) in [4.78, 5) is 12.9. The summed E-state index contributed by atoms with van der Waals surface area (Å²) in [5.74, 6) is 1.05. The molecule has 1 aliphatic rings. The van der Waals surface area contributed by atoms with Gasteiger partial charge in [-0.25, -0.2) is 0 Å². The Kier molecular flexibility index (Phi) is 5.46. The molecule has 0 unspecified atom stereocenters. The van der Waals surface area contributed by atoms with Crippen LogP contribution in [0.3, 0.4) is 0 Å². The van der Waals surface area contributed by atoms with E-state index < -0.39 is 0 Å². The number of ether oxygens (including phenoxy) is 1. The molecule has 2 aromatic carbocycles. The average Bonchev–Trinajstić information content (AvgIpc) is 3.49. The summed E-state index contributed by atoms with van der Waals surface area (Å²) in [6.07, 6.45) is 4.71. The zero-order chi connectivity index (χ0) is 21.9. The largest absolute Gasteiger partial charge is 0.497 e. The predicted octanol–water partition coefficient (Wildman–Crippen LogP) is 4.40. The molecule has 2 heterocycles. The van der Waals surface area contributed by atoms with Crippen LogP contribution in [0.15, 0.2) is 71.4 Å². The lowest BCUT2D eigenvalue weighted by Crippen LogP contribution is -2.31. The third-order valence-corrected chi connectivity index (χ3v) is 5.86. The number of amides is 1. The molecule has 0 saturated carbocycles. The quantitative estimate of drug-likeness (QED) is 0.492. The molecular formula is C25H24N4O3. The van der Waals surface area contributed by atoms with Crippen LogP contribution in [0.2, 0.25) is 0 Å². The fourth-order valence-corrected chi connectivity index (χ4v) is 4.17. The predicted molar refractivity (Wildman–Crippen MR) is 119 cm³/mol. The van der Waals surface area contributed by atoms with Gasteiger partial charge < -0.3 is 14.6 Å². The van der Waals surface area contributed by atoms with Crippen LogP contribution in [-0.2, 0) is 13.0 Å². The highest BCUT2D eigenvalue weighted by Gasteiger charge is 2.27. The van der Waals surface area contributed by atoms with Crippen LogP contribution < -0.4 is 10.1 Å². The monoisotopic (exact) mass is 428 g/mol. The van der Waals surface area contributed by atoms with E-state index in [4.69, 9.17) is 9.26 Å². The molecular weight excluding hydrogens is 404 g/mol. The fourth-order valence-electron chi connectivity index (χ4n) is 4.17. The van der Waals surface area contributed by atoms with Crippen molar-refractivity contribution in [1.82, 2.24) is 20.3 Å². The summed E-state index contributed by atoms with van der Waals surface area (Å²) >= 11 is 0. The van der Waals surface area contributed by atoms with Crippen LogP contribution in [0.25, 0.3) is 11.3 Å². The van der Waals surface area contributed by atoms with E-state index in [1.807, 2.05) is 53.3 Å². The summed E-state index contributed by atoms with van der Waals surface area (Å²) in [5, 5.41) is 11.7. The number of rotatable bonds is 6. The second kappa shape index (κ2) is 8.70. The molecule has 0 aliphatic heterocycles. The average molecular weight is 428 g/mol. The van der Waals surface area contributed by atoms with Gasteiger partial charge in [-0.15, -0.1) is 0 Å². The summed E-state index contributed by atoms with van der Waals surface area (Å²) < 4.78 is 12.6. The van der Waals surface area contributed by atoms with E-state index in [-0.39, 0.29) is 17.6 Å². The number of methoxy groups -OCH3 is 1. The van der Waals surface area contributed by atoms with E-state index in [9.17, 15) is 4.79 Å². The maximum absolute atomic E-state index is 12.9. The summed E-state index contributed by atoms with van der Waals surface area (Å²) in [5.41, 5.74) is 4.57. The summed E-state index contributed by atoms with van der Waals surface area (Å²) in [6.45, 7) is 0.728. The topological polar surface area (TPSA) is 82.2 Å². The molecule has 4 aromatic rings. The first-order chi connectivity index (χ1) is 15.7. The lowest BCUT2D eigenvalue weighted by molar-refractivity contribution is 0.0923. The Morgan fingerprint density at radius 3 is 2.78 bits per heavy atom. The van der Waals surface area contributed by atoms with Crippen molar-refractivity contribution < 1.29 is 14.1 Å². The minimum absolute atomic E-state index is 0.0862. The van der Waals surface area contributed by atoms with Crippen molar-refractivity contribution in [1.29, 1.82) is 0 Å². The Labute approximate surface area is 186 Å². The van der Waals surface area contributed by atoms with Gasteiger partial charge in [0.05, 0.1) is 25.9 Å². The van der Waals surface area contributed by atoms with E-state index in [0.29, 0.717) is 5.76 Å². The number of aromatic nitrogens is 3. The molecule has 1 atom stereocenters. The highest BCUT2D eigenvalue weighted by Crippen LogP contribution is 2.30. The van der Waals surface area contributed by atoms with Crippen LogP contribution in [0, 0.1) is 0 Å². The summed E-state index contributed by atoms with van der Waals surface area (Å²) in [6, 6.07) is 19.3. The molecule has 1 amide bonds. The molecule has 7 heteroatoms. The van der Waals surface area contributed by atoms with Gasteiger partial charge in [-0.05, 0) is 49.1 Å². The molecule has 1 aliphatic carbocycles. The summed E-state index contributed by atoms with van der Waals surface area (Å²) in [7, 11) is 1.62. The van der Waals surface area contributed by atoms with Crippen molar-refractivity contribution in [2.45, 2.75) is 31.8 Å². The Hall–Kier alpha value is -3.87. The molecule has 0 spiro atoms. The number of hydrogen-bond acceptors (Lipinski definition) is 5. The van der Waals surface area contributed by atoms with Crippen molar-refractivity contribution in [2.24, 2.45) is 0 Å². The smallest absolute Gasteiger partial charge is 0.273 e. The van der Waals surface area contributed by atoms with Gasteiger partial charge in [0.15, 0.2) is 11.5 Å². The molecule has 0 radical (unpaired) electrons. The van der Waals surface area contributed by atoms with E-state index in [1.54, 1.807) is 13.2 Å². The highest BCUT2D eigenvalue weighted by molar-refractivity contribution is 5.93. The Bertz CT molecular complexity index is 1210. The van der Waals surface area contributed by atoms with E-state index in [2.05, 4.69) is 27.7 Å². The number of nitrogens with zero attached hydrogens (tertiary/aromatic N) is 3. The maximum Gasteiger partial charge on any atom is 0.273 e. The van der Waals surface area contributed by atoms with Gasteiger partial charge >= 0.3 is 0 Å². The lowest BCUT2D eigenvalue weighted by Gasteiger charge is -2.24. The van der Waals surface area contributed by atoms with Gasteiger partial charge in [-0.1, -0.05) is 35.5 Å². The first-order valence-electron chi connectivity index (χ1n) is 10.7. The van der Waals surface area contributed by atoms with Gasteiger partial charge in [0, 0.05) is 22.9 Å². The van der Waals surface area contributed by atoms with E-state index in [0.717, 1.165) is 42.7 Å². The second-order valence-corrected chi connectivity index (χ2v) is 7.91. The lowest BCUT2D eigenvalue weighted by atomic mass is 9.92. The maximum atomic E-state index is 12.9. The van der Waals surface area contributed by atoms with Crippen LogP contribution in [-0.4, -0.2) is 28.0 Å². The molecule has 0 fully saturated rings. The van der Waals surface area contributed by atoms with E-state index in [1.165, 1.54) is 11.3 Å². The Morgan fingerprint density at radius 2 is 2.00 bits per heavy atom. The van der Waals surface area contributed by atoms with Crippen molar-refractivity contribution in [3.05, 3.63) is 89.4 Å². The zero-order valence-electron chi connectivity index (χ0n) is 17.8. The minimum Gasteiger partial charge on any atom is -0.497 e. The molecule has 7 nitrogen and oxygen atoms in total. The zero-order valence-corrected chi connectivity index (χ0v) is 17.8. The standard InChI is InChI=1S/C25H24N4O3/c1-31-19-12-10-18(11-13-19)24-14-22(28-32-24)25(30)27-21-8-5-9-23-20(21)15-26-29(23)16-17-6-3-2-4-7-17/h2-4,6-7,10-15,21H,5,8-9,16H2,1H3,(H,27,30)/t21-/m1/s1. The van der Waals surface area contributed by atoms with Crippen LogP contribution in [0.5, 0.6) is 5.75 Å². The molecule has 2 aromatic heterocycles.